The first-order valence-corrected chi connectivity index (χ1v) is 15.5. The molecule has 1 amide bonds. The summed E-state index contributed by atoms with van der Waals surface area (Å²) in [5, 5.41) is 0.360. The van der Waals surface area contributed by atoms with E-state index < -0.39 is 39.8 Å². The number of sulfonamides is 1. The van der Waals surface area contributed by atoms with Crippen molar-refractivity contribution in [3.05, 3.63) is 64.7 Å². The second-order valence-corrected chi connectivity index (χ2v) is 12.9. The van der Waals surface area contributed by atoms with Crippen molar-refractivity contribution in [2.75, 3.05) is 46.0 Å². The number of hydrogen-bond donors (Lipinski definition) is 0. The molecule has 0 radical (unpaired) electrons. The van der Waals surface area contributed by atoms with E-state index in [0.717, 1.165) is 48.4 Å². The maximum atomic E-state index is 14.1. The minimum absolute atomic E-state index is 0.0446. The fourth-order valence-electron chi connectivity index (χ4n) is 5.90. The smallest absolute Gasteiger partial charge is 0.409 e. The second kappa shape index (κ2) is 12.7. The number of hydrogen-bond acceptors (Lipinski definition) is 6. The molecular formula is C28H34ClF2N3O5S. The van der Waals surface area contributed by atoms with E-state index in [0.29, 0.717) is 24.2 Å². The zero-order valence-corrected chi connectivity index (χ0v) is 23.8. The lowest BCUT2D eigenvalue weighted by atomic mass is 10.0. The number of morpholine rings is 1. The fraction of sp³-hybridized carbons (Fsp3) is 0.536. The Morgan fingerprint density at radius 1 is 0.950 bits per heavy atom. The molecule has 3 saturated heterocycles. The molecular weight excluding hydrogens is 564 g/mol. The van der Waals surface area contributed by atoms with Gasteiger partial charge in [0.2, 0.25) is 10.0 Å². The molecule has 12 heteroatoms. The quantitative estimate of drug-likeness (QED) is 0.474. The highest BCUT2D eigenvalue weighted by molar-refractivity contribution is 7.89. The lowest BCUT2D eigenvalue weighted by Crippen LogP contribution is -2.53. The third kappa shape index (κ3) is 6.60. The number of amides is 1. The van der Waals surface area contributed by atoms with Gasteiger partial charge in [0.1, 0.15) is 18.2 Å². The molecule has 40 heavy (non-hydrogen) atoms. The van der Waals surface area contributed by atoms with Crippen LogP contribution >= 0.6 is 11.6 Å². The summed E-state index contributed by atoms with van der Waals surface area (Å²) in [4.78, 5) is 17.1. The zero-order chi connectivity index (χ0) is 28.3. The van der Waals surface area contributed by atoms with E-state index in [1.165, 1.54) is 43.5 Å². The normalized spacial score (nSPS) is 23.7. The Hall–Kier alpha value is -2.31. The van der Waals surface area contributed by atoms with Gasteiger partial charge in [-0.2, -0.15) is 4.31 Å². The molecule has 3 heterocycles. The third-order valence-electron chi connectivity index (χ3n) is 7.94. The Labute approximate surface area is 238 Å². The van der Waals surface area contributed by atoms with Crippen LogP contribution in [-0.4, -0.2) is 86.7 Å². The second-order valence-electron chi connectivity index (χ2n) is 10.6. The van der Waals surface area contributed by atoms with E-state index in [1.807, 2.05) is 0 Å². The summed E-state index contributed by atoms with van der Waals surface area (Å²) in [6.07, 6.45) is 4.92. The number of nitrogens with zero attached hydrogens (tertiary/aromatic N) is 3. The summed E-state index contributed by atoms with van der Waals surface area (Å²) in [7, 11) is -4.20. The van der Waals surface area contributed by atoms with E-state index in [4.69, 9.17) is 21.1 Å². The standard InChI is InChI=1S/C28H34ClF2N3O5S/c29-21-4-6-26(7-5-21)40(36,37)34-25(17-38-19-27(34)20-14-22(30)16-23(31)15-20)18-39-28(35)33-12-8-24(9-13-33)32-10-2-1-3-11-32/h4-7,14-16,24-25,27H,1-3,8-13,17-19H2/t25-,27+/m1/s1. The number of ether oxygens (including phenoxy) is 2. The third-order valence-corrected chi connectivity index (χ3v) is 10.2. The molecule has 3 aliphatic rings. The molecule has 0 unspecified atom stereocenters. The Kier molecular flexibility index (Phi) is 9.26. The van der Waals surface area contributed by atoms with Crippen LogP contribution in [0, 0.1) is 11.6 Å². The van der Waals surface area contributed by atoms with E-state index in [-0.39, 0.29) is 30.3 Å². The average molecular weight is 598 g/mol. The summed E-state index contributed by atoms with van der Waals surface area (Å²) in [6, 6.07) is 7.04. The zero-order valence-electron chi connectivity index (χ0n) is 22.2. The van der Waals surface area contributed by atoms with Crippen LogP contribution in [0.1, 0.15) is 43.7 Å². The highest BCUT2D eigenvalue weighted by atomic mass is 35.5. The number of piperidine rings is 2. The van der Waals surface area contributed by atoms with Crippen LogP contribution in [0.2, 0.25) is 5.02 Å². The van der Waals surface area contributed by atoms with Crippen LogP contribution in [0.25, 0.3) is 0 Å². The van der Waals surface area contributed by atoms with Gasteiger partial charge in [0.05, 0.1) is 30.2 Å². The van der Waals surface area contributed by atoms with Crippen LogP contribution in [0.4, 0.5) is 13.6 Å². The SMILES string of the molecule is O=C(OC[C@H]1COC[C@@H](c2cc(F)cc(F)c2)N1S(=O)(=O)c1ccc(Cl)cc1)N1CCC(N2CCCCC2)CC1. The molecule has 0 saturated carbocycles. The minimum atomic E-state index is -4.20. The number of carbonyl (C=O) groups excluding carboxylic acids is 1. The van der Waals surface area contributed by atoms with Gasteiger partial charge in [-0.3, -0.25) is 0 Å². The first kappa shape index (κ1) is 29.2. The topological polar surface area (TPSA) is 79.4 Å². The Morgan fingerprint density at radius 3 is 2.25 bits per heavy atom. The summed E-state index contributed by atoms with van der Waals surface area (Å²) in [5.74, 6) is -1.67. The van der Waals surface area contributed by atoms with Crippen LogP contribution < -0.4 is 0 Å². The molecule has 0 aliphatic carbocycles. The van der Waals surface area contributed by atoms with Crippen LogP contribution in [0.15, 0.2) is 47.4 Å². The van der Waals surface area contributed by atoms with E-state index in [1.54, 1.807) is 4.90 Å². The molecule has 0 bridgehead atoms. The molecule has 8 nitrogen and oxygen atoms in total. The van der Waals surface area contributed by atoms with E-state index in [9.17, 15) is 22.0 Å². The van der Waals surface area contributed by atoms with Crippen LogP contribution in [-0.2, 0) is 19.5 Å². The van der Waals surface area contributed by atoms with Gasteiger partial charge >= 0.3 is 6.09 Å². The number of benzene rings is 2. The molecule has 0 N–H and O–H groups in total. The van der Waals surface area contributed by atoms with Crippen molar-refractivity contribution >= 4 is 27.7 Å². The number of likely N-dealkylation sites (tertiary alicyclic amines) is 2. The van der Waals surface area contributed by atoms with Gasteiger partial charge in [0.15, 0.2) is 0 Å². The van der Waals surface area contributed by atoms with Crippen LogP contribution in [0.5, 0.6) is 0 Å². The Bertz CT molecular complexity index is 1270. The highest BCUT2D eigenvalue weighted by Crippen LogP contribution is 2.35. The molecule has 3 aliphatic heterocycles. The highest BCUT2D eigenvalue weighted by Gasteiger charge is 2.42. The number of rotatable bonds is 6. The fourth-order valence-corrected chi connectivity index (χ4v) is 7.78. The first-order chi connectivity index (χ1) is 19.2. The van der Waals surface area contributed by atoms with Crippen molar-refractivity contribution in [2.45, 2.75) is 55.1 Å². The summed E-state index contributed by atoms with van der Waals surface area (Å²) < 4.78 is 68.5. The largest absolute Gasteiger partial charge is 0.448 e. The van der Waals surface area contributed by atoms with Gasteiger partial charge in [0, 0.05) is 30.2 Å². The summed E-state index contributed by atoms with van der Waals surface area (Å²) >= 11 is 5.97. The molecule has 218 valence electrons. The van der Waals surface area contributed by atoms with Gasteiger partial charge in [-0.25, -0.2) is 22.0 Å². The maximum absolute atomic E-state index is 14.1. The lowest BCUT2D eigenvalue weighted by Gasteiger charge is -2.41. The van der Waals surface area contributed by atoms with Gasteiger partial charge in [-0.05, 0) is 80.7 Å². The number of halogens is 3. The van der Waals surface area contributed by atoms with Crippen molar-refractivity contribution < 1.29 is 31.5 Å². The van der Waals surface area contributed by atoms with Gasteiger partial charge < -0.3 is 19.3 Å². The molecule has 2 aromatic rings. The minimum Gasteiger partial charge on any atom is -0.448 e. The van der Waals surface area contributed by atoms with Gasteiger partial charge in [-0.15, -0.1) is 0 Å². The number of carbonyl (C=O) groups is 1. The van der Waals surface area contributed by atoms with E-state index in [2.05, 4.69) is 4.90 Å². The van der Waals surface area contributed by atoms with Crippen molar-refractivity contribution in [1.82, 2.24) is 14.1 Å². The molecule has 2 atom stereocenters. The Morgan fingerprint density at radius 2 is 1.60 bits per heavy atom. The first-order valence-electron chi connectivity index (χ1n) is 13.7. The molecule has 5 rings (SSSR count). The molecule has 0 aromatic heterocycles. The lowest BCUT2D eigenvalue weighted by molar-refractivity contribution is -0.0322. The van der Waals surface area contributed by atoms with Gasteiger partial charge in [0.25, 0.3) is 0 Å². The molecule has 0 spiro atoms. The molecule has 2 aromatic carbocycles. The predicted molar refractivity (Wildman–Crippen MR) is 146 cm³/mol. The maximum Gasteiger partial charge on any atom is 0.409 e. The monoisotopic (exact) mass is 597 g/mol. The van der Waals surface area contributed by atoms with Crippen LogP contribution in [0.3, 0.4) is 0 Å². The average Bonchev–Trinajstić information content (AvgIpc) is 2.96. The molecule has 3 fully saturated rings. The van der Waals surface area contributed by atoms with Crippen molar-refractivity contribution in [2.24, 2.45) is 0 Å². The summed E-state index contributed by atoms with van der Waals surface area (Å²) in [6.45, 7) is 2.90. The summed E-state index contributed by atoms with van der Waals surface area (Å²) in [5.41, 5.74) is 0.103. The van der Waals surface area contributed by atoms with Gasteiger partial charge in [-0.1, -0.05) is 18.0 Å². The predicted octanol–water partition coefficient (Wildman–Crippen LogP) is 4.84. The van der Waals surface area contributed by atoms with Crippen molar-refractivity contribution in [1.29, 1.82) is 0 Å². The van der Waals surface area contributed by atoms with Crippen molar-refractivity contribution in [3.8, 4) is 0 Å². The van der Waals surface area contributed by atoms with E-state index >= 15 is 0 Å². The van der Waals surface area contributed by atoms with Crippen molar-refractivity contribution in [3.63, 3.8) is 0 Å². The Balaban J connectivity index is 1.32.